The highest BCUT2D eigenvalue weighted by molar-refractivity contribution is 6.30. The Morgan fingerprint density at radius 3 is 2.86 bits per heavy atom. The van der Waals surface area contributed by atoms with Gasteiger partial charge in [0, 0.05) is 22.8 Å². The first-order chi connectivity index (χ1) is 14.2. The lowest BCUT2D eigenvalue weighted by atomic mass is 10.1. The zero-order chi connectivity index (χ0) is 20.2. The van der Waals surface area contributed by atoms with Gasteiger partial charge in [0.15, 0.2) is 17.3 Å². The zero-order valence-corrected chi connectivity index (χ0v) is 16.4. The van der Waals surface area contributed by atoms with Gasteiger partial charge in [0.2, 0.25) is 6.79 Å². The van der Waals surface area contributed by atoms with Gasteiger partial charge < -0.3 is 18.9 Å². The number of ether oxygens (including phenoxy) is 4. The van der Waals surface area contributed by atoms with E-state index < -0.39 is 0 Å². The van der Waals surface area contributed by atoms with Crippen molar-refractivity contribution in [2.75, 3.05) is 26.6 Å². The maximum atomic E-state index is 13.2. The summed E-state index contributed by atoms with van der Waals surface area (Å²) in [5.41, 5.74) is 1.02. The molecule has 0 radical (unpaired) electrons. The van der Waals surface area contributed by atoms with Gasteiger partial charge in [0.1, 0.15) is 6.61 Å². The first-order valence-corrected chi connectivity index (χ1v) is 9.41. The molecule has 2 heterocycles. The predicted octanol–water partition coefficient (Wildman–Crippen LogP) is 3.43. The third-order valence-electron chi connectivity index (χ3n) is 4.15. The van der Waals surface area contributed by atoms with Gasteiger partial charge in [-0.2, -0.15) is 9.67 Å². The fourth-order valence-electron chi connectivity index (χ4n) is 2.80. The number of nitrogens with zero attached hydrogens (tertiary/aromatic N) is 3. The molecule has 4 rings (SSSR count). The molecule has 0 bridgehead atoms. The van der Waals surface area contributed by atoms with Crippen molar-refractivity contribution in [2.24, 2.45) is 0 Å². The highest BCUT2D eigenvalue weighted by Crippen LogP contribution is 2.33. The molecule has 1 aliphatic rings. The monoisotopic (exact) mass is 415 g/mol. The maximum absolute atomic E-state index is 13.2. The average molecular weight is 416 g/mol. The summed E-state index contributed by atoms with van der Waals surface area (Å²) in [4.78, 5) is 17.5. The Labute approximate surface area is 171 Å². The molecule has 0 N–H and O–H groups in total. The van der Waals surface area contributed by atoms with Crippen molar-refractivity contribution >= 4 is 17.5 Å². The maximum Gasteiger partial charge on any atom is 0.336 e. The van der Waals surface area contributed by atoms with Crippen LogP contribution in [0.15, 0.2) is 42.5 Å². The summed E-state index contributed by atoms with van der Waals surface area (Å²) in [6.07, 6.45) is 0. The van der Waals surface area contributed by atoms with Crippen molar-refractivity contribution in [3.05, 3.63) is 53.1 Å². The average Bonchev–Trinajstić information content (AvgIpc) is 3.37. The van der Waals surface area contributed by atoms with E-state index in [4.69, 9.17) is 30.5 Å². The Bertz CT molecular complexity index is 1040. The Balaban J connectivity index is 1.68. The summed E-state index contributed by atoms with van der Waals surface area (Å²) in [5, 5.41) is 4.77. The third-order valence-corrected chi connectivity index (χ3v) is 4.38. The van der Waals surface area contributed by atoms with E-state index in [1.54, 1.807) is 42.5 Å². The number of halogens is 1. The second kappa shape index (κ2) is 8.50. The number of fused-ring (bicyclic) bond motifs is 1. The molecule has 1 aromatic heterocycles. The van der Waals surface area contributed by atoms with E-state index in [1.807, 2.05) is 6.92 Å². The second-order valence-corrected chi connectivity index (χ2v) is 6.50. The normalized spacial score (nSPS) is 12.2. The molecule has 0 aliphatic carbocycles. The highest BCUT2D eigenvalue weighted by atomic mass is 35.5. The first-order valence-electron chi connectivity index (χ1n) is 9.03. The van der Waals surface area contributed by atoms with Gasteiger partial charge in [-0.05, 0) is 37.3 Å². The van der Waals surface area contributed by atoms with Crippen molar-refractivity contribution in [1.82, 2.24) is 14.8 Å². The van der Waals surface area contributed by atoms with Gasteiger partial charge in [-0.15, -0.1) is 5.10 Å². The van der Waals surface area contributed by atoms with Crippen LogP contribution in [0, 0.1) is 0 Å². The van der Waals surface area contributed by atoms with Crippen LogP contribution in [0.1, 0.15) is 17.3 Å². The van der Waals surface area contributed by atoms with Crippen molar-refractivity contribution < 1.29 is 23.7 Å². The summed E-state index contributed by atoms with van der Waals surface area (Å²) < 4.78 is 22.7. The molecular weight excluding hydrogens is 398 g/mol. The molecular formula is C20H18ClN3O5. The lowest BCUT2D eigenvalue weighted by molar-refractivity contribution is 0.0937. The standard InChI is InChI=1S/C20H18ClN3O5/c1-2-26-8-9-27-20-22-18(13-4-3-5-15(21)10-13)24(23-20)19(25)14-6-7-16-17(11-14)29-12-28-16/h3-7,10-11H,2,8-9,12H2,1H3. The van der Waals surface area contributed by atoms with E-state index in [2.05, 4.69) is 10.1 Å². The molecule has 0 unspecified atom stereocenters. The van der Waals surface area contributed by atoms with Crippen LogP contribution in [0.3, 0.4) is 0 Å². The molecule has 9 heteroatoms. The van der Waals surface area contributed by atoms with Gasteiger partial charge in [-0.25, -0.2) is 0 Å². The summed E-state index contributed by atoms with van der Waals surface area (Å²) in [6.45, 7) is 3.27. The molecule has 0 fully saturated rings. The molecule has 8 nitrogen and oxygen atoms in total. The Kier molecular flexibility index (Phi) is 5.64. The summed E-state index contributed by atoms with van der Waals surface area (Å²) in [5.74, 6) is 1.04. The Hall–Kier alpha value is -3.10. The smallest absolute Gasteiger partial charge is 0.336 e. The van der Waals surface area contributed by atoms with Gasteiger partial charge in [-0.1, -0.05) is 23.7 Å². The van der Waals surface area contributed by atoms with Crippen molar-refractivity contribution in [3.8, 4) is 28.9 Å². The lowest BCUT2D eigenvalue weighted by Crippen LogP contribution is -2.15. The molecule has 0 saturated carbocycles. The van der Waals surface area contributed by atoms with Crippen LogP contribution < -0.4 is 14.2 Å². The number of carbonyl (C=O) groups is 1. The van der Waals surface area contributed by atoms with Gasteiger partial charge in [-0.3, -0.25) is 4.79 Å². The van der Waals surface area contributed by atoms with E-state index in [-0.39, 0.29) is 25.3 Å². The van der Waals surface area contributed by atoms with Crippen molar-refractivity contribution in [1.29, 1.82) is 0 Å². The SMILES string of the molecule is CCOCCOc1nc(-c2cccc(Cl)c2)n(C(=O)c2ccc3c(c2)OCO3)n1. The number of aromatic nitrogens is 3. The van der Waals surface area contributed by atoms with Crippen molar-refractivity contribution in [3.63, 3.8) is 0 Å². The largest absolute Gasteiger partial charge is 0.460 e. The van der Waals surface area contributed by atoms with E-state index >= 15 is 0 Å². The summed E-state index contributed by atoms with van der Waals surface area (Å²) in [7, 11) is 0. The number of hydrogen-bond acceptors (Lipinski definition) is 7. The summed E-state index contributed by atoms with van der Waals surface area (Å²) >= 11 is 6.11. The van der Waals surface area contributed by atoms with Crippen LogP contribution in [0.4, 0.5) is 0 Å². The van der Waals surface area contributed by atoms with Gasteiger partial charge in [0.25, 0.3) is 5.91 Å². The van der Waals surface area contributed by atoms with Crippen LogP contribution >= 0.6 is 11.6 Å². The van der Waals surface area contributed by atoms with E-state index in [0.717, 1.165) is 0 Å². The first kappa shape index (κ1) is 19.2. The van der Waals surface area contributed by atoms with E-state index in [0.29, 0.717) is 46.7 Å². The fraction of sp³-hybridized carbons (Fsp3) is 0.250. The molecule has 0 amide bonds. The van der Waals surface area contributed by atoms with Crippen LogP contribution in [-0.4, -0.2) is 47.3 Å². The topological polar surface area (TPSA) is 84.7 Å². The van der Waals surface area contributed by atoms with Crippen LogP contribution in [0.25, 0.3) is 11.4 Å². The molecule has 0 spiro atoms. The predicted molar refractivity (Wildman–Crippen MR) is 105 cm³/mol. The number of hydrogen-bond donors (Lipinski definition) is 0. The Morgan fingerprint density at radius 2 is 2.03 bits per heavy atom. The van der Waals surface area contributed by atoms with E-state index in [1.165, 1.54) is 4.68 Å². The number of carbonyl (C=O) groups excluding carboxylic acids is 1. The van der Waals surface area contributed by atoms with Crippen LogP contribution in [0.5, 0.6) is 17.5 Å². The number of rotatable bonds is 7. The van der Waals surface area contributed by atoms with Gasteiger partial charge >= 0.3 is 6.01 Å². The molecule has 150 valence electrons. The molecule has 1 aliphatic heterocycles. The molecule has 2 aromatic carbocycles. The quantitative estimate of drug-likeness (QED) is 0.546. The Morgan fingerprint density at radius 1 is 1.17 bits per heavy atom. The highest BCUT2D eigenvalue weighted by Gasteiger charge is 2.23. The molecule has 0 atom stereocenters. The van der Waals surface area contributed by atoms with Gasteiger partial charge in [0.05, 0.1) is 6.61 Å². The van der Waals surface area contributed by atoms with Crippen LogP contribution in [-0.2, 0) is 4.74 Å². The third kappa shape index (κ3) is 4.18. The summed E-state index contributed by atoms with van der Waals surface area (Å²) in [6, 6.07) is 12.0. The van der Waals surface area contributed by atoms with Crippen LogP contribution in [0.2, 0.25) is 5.02 Å². The molecule has 0 saturated heterocycles. The van der Waals surface area contributed by atoms with Crippen molar-refractivity contribution in [2.45, 2.75) is 6.92 Å². The minimum atomic E-state index is -0.384. The molecule has 3 aromatic rings. The van der Waals surface area contributed by atoms with E-state index in [9.17, 15) is 4.79 Å². The molecule has 29 heavy (non-hydrogen) atoms. The lowest BCUT2D eigenvalue weighted by Gasteiger charge is -2.06. The fourth-order valence-corrected chi connectivity index (χ4v) is 2.99. The second-order valence-electron chi connectivity index (χ2n) is 6.06. The minimum absolute atomic E-state index is 0.0776. The minimum Gasteiger partial charge on any atom is -0.460 e. The number of benzene rings is 2. The zero-order valence-electron chi connectivity index (χ0n) is 15.6.